The highest BCUT2D eigenvalue weighted by atomic mass is 16.6. The SMILES string of the molecule is C=C1C(=O)CC/C(C)=C/[C@H]2OC(=O)[C@@H](C)C2CC1OC(C)=O. The molecule has 4 atom stereocenters. The lowest BCUT2D eigenvalue weighted by Gasteiger charge is -2.26. The number of esters is 2. The number of hydrogen-bond donors (Lipinski definition) is 0. The number of hydrogen-bond acceptors (Lipinski definition) is 5. The van der Waals surface area contributed by atoms with Crippen molar-refractivity contribution in [3.63, 3.8) is 0 Å². The molecule has 2 unspecified atom stereocenters. The van der Waals surface area contributed by atoms with Crippen LogP contribution in [-0.4, -0.2) is 29.9 Å². The Morgan fingerprint density at radius 3 is 2.68 bits per heavy atom. The predicted octanol–water partition coefficient (Wildman–Crippen LogP) is 2.35. The second-order valence-corrected chi connectivity index (χ2v) is 6.15. The summed E-state index contributed by atoms with van der Waals surface area (Å²) in [6.07, 6.45) is 2.16. The van der Waals surface area contributed by atoms with Gasteiger partial charge in [-0.3, -0.25) is 14.4 Å². The van der Waals surface area contributed by atoms with Gasteiger partial charge in [0.15, 0.2) is 5.78 Å². The second kappa shape index (κ2) is 6.46. The van der Waals surface area contributed by atoms with Crippen LogP contribution in [0.1, 0.15) is 40.0 Å². The first kappa shape index (κ1) is 16.5. The normalized spacial score (nSPS) is 35.2. The quantitative estimate of drug-likeness (QED) is 0.422. The molecular weight excluding hydrogens is 284 g/mol. The van der Waals surface area contributed by atoms with Crippen LogP contribution < -0.4 is 0 Å². The predicted molar refractivity (Wildman–Crippen MR) is 79.8 cm³/mol. The zero-order chi connectivity index (χ0) is 16.4. The monoisotopic (exact) mass is 306 g/mol. The molecule has 0 aromatic rings. The Kier molecular flexibility index (Phi) is 4.84. The maximum absolute atomic E-state index is 12.2. The Morgan fingerprint density at radius 2 is 2.05 bits per heavy atom. The fourth-order valence-electron chi connectivity index (χ4n) is 3.01. The third-order valence-corrected chi connectivity index (χ3v) is 4.42. The Bertz CT molecular complexity index is 545. The van der Waals surface area contributed by atoms with Crippen LogP contribution in [0.15, 0.2) is 23.8 Å². The Balaban J connectivity index is 2.34. The third kappa shape index (κ3) is 3.46. The highest BCUT2D eigenvalue weighted by molar-refractivity contribution is 5.96. The van der Waals surface area contributed by atoms with Crippen molar-refractivity contribution < 1.29 is 23.9 Å². The van der Waals surface area contributed by atoms with Crippen molar-refractivity contribution in [2.24, 2.45) is 11.8 Å². The first-order valence-corrected chi connectivity index (χ1v) is 7.56. The van der Waals surface area contributed by atoms with Gasteiger partial charge < -0.3 is 9.47 Å². The van der Waals surface area contributed by atoms with Crippen LogP contribution in [0.3, 0.4) is 0 Å². The van der Waals surface area contributed by atoms with Gasteiger partial charge >= 0.3 is 11.9 Å². The smallest absolute Gasteiger partial charge is 0.309 e. The minimum absolute atomic E-state index is 0.102. The third-order valence-electron chi connectivity index (χ3n) is 4.42. The van der Waals surface area contributed by atoms with E-state index in [9.17, 15) is 14.4 Å². The van der Waals surface area contributed by atoms with Gasteiger partial charge in [-0.25, -0.2) is 0 Å². The van der Waals surface area contributed by atoms with E-state index in [0.717, 1.165) is 5.57 Å². The van der Waals surface area contributed by atoms with E-state index in [1.165, 1.54) is 6.92 Å². The van der Waals surface area contributed by atoms with Crippen molar-refractivity contribution in [1.29, 1.82) is 0 Å². The van der Waals surface area contributed by atoms with Crippen molar-refractivity contribution >= 4 is 17.7 Å². The summed E-state index contributed by atoms with van der Waals surface area (Å²) < 4.78 is 10.7. The number of rotatable bonds is 1. The molecule has 1 aliphatic heterocycles. The summed E-state index contributed by atoms with van der Waals surface area (Å²) in [5.74, 6) is -1.24. The zero-order valence-electron chi connectivity index (χ0n) is 13.3. The summed E-state index contributed by atoms with van der Waals surface area (Å²) in [5, 5.41) is 0. The molecule has 1 aliphatic carbocycles. The van der Waals surface area contributed by atoms with Gasteiger partial charge in [0, 0.05) is 24.8 Å². The maximum Gasteiger partial charge on any atom is 0.309 e. The Labute approximate surface area is 130 Å². The molecule has 0 radical (unpaired) electrons. The summed E-state index contributed by atoms with van der Waals surface area (Å²) in [5.41, 5.74) is 1.32. The van der Waals surface area contributed by atoms with Gasteiger partial charge in [-0.15, -0.1) is 0 Å². The van der Waals surface area contributed by atoms with Gasteiger partial charge in [0.25, 0.3) is 0 Å². The van der Waals surface area contributed by atoms with E-state index in [0.29, 0.717) is 24.8 Å². The molecule has 2 rings (SSSR count). The Morgan fingerprint density at radius 1 is 1.36 bits per heavy atom. The number of ketones is 1. The fraction of sp³-hybridized carbons (Fsp3) is 0.588. The number of ether oxygens (including phenoxy) is 2. The molecule has 0 spiro atoms. The van der Waals surface area contributed by atoms with Crippen molar-refractivity contribution in [2.45, 2.75) is 52.2 Å². The molecule has 1 saturated heterocycles. The van der Waals surface area contributed by atoms with Crippen molar-refractivity contribution in [2.75, 3.05) is 0 Å². The largest absolute Gasteiger partial charge is 0.458 e. The first-order valence-electron chi connectivity index (χ1n) is 7.56. The number of carbonyl (C=O) groups is 3. The van der Waals surface area contributed by atoms with E-state index in [1.807, 2.05) is 13.0 Å². The van der Waals surface area contributed by atoms with E-state index in [2.05, 4.69) is 6.58 Å². The van der Waals surface area contributed by atoms with Gasteiger partial charge in [-0.05, 0) is 25.8 Å². The standard InChI is InChI=1S/C17H22O5/c1-9-5-6-14(19)11(3)15(21-12(4)18)8-13-10(2)17(20)22-16(13)7-9/h7,10,13,15-16H,3,5-6,8H2,1-2,4H3/b9-7+/t10-,13?,15?,16+/m0/s1. The van der Waals surface area contributed by atoms with Gasteiger partial charge in [0.1, 0.15) is 12.2 Å². The summed E-state index contributed by atoms with van der Waals surface area (Å²) in [7, 11) is 0. The van der Waals surface area contributed by atoms with Gasteiger partial charge in [0.2, 0.25) is 0 Å². The molecule has 0 amide bonds. The molecule has 0 aromatic heterocycles. The topological polar surface area (TPSA) is 69.7 Å². The lowest BCUT2D eigenvalue weighted by atomic mass is 9.82. The first-order chi connectivity index (χ1) is 10.3. The van der Waals surface area contributed by atoms with E-state index >= 15 is 0 Å². The molecule has 1 heterocycles. The molecule has 0 saturated carbocycles. The van der Waals surface area contributed by atoms with Gasteiger partial charge in [0.05, 0.1) is 5.92 Å². The maximum atomic E-state index is 12.2. The van der Waals surface area contributed by atoms with Crippen LogP contribution >= 0.6 is 0 Å². The molecule has 0 N–H and O–H groups in total. The van der Waals surface area contributed by atoms with Crippen LogP contribution in [0.25, 0.3) is 0 Å². The van der Waals surface area contributed by atoms with E-state index < -0.39 is 12.1 Å². The average molecular weight is 306 g/mol. The summed E-state index contributed by atoms with van der Waals surface area (Å²) >= 11 is 0. The highest BCUT2D eigenvalue weighted by Crippen LogP contribution is 2.36. The number of carbonyl (C=O) groups excluding carboxylic acids is 3. The van der Waals surface area contributed by atoms with E-state index in [-0.39, 0.29) is 29.7 Å². The Hall–Kier alpha value is -1.91. The molecular formula is C17H22O5. The number of fused-ring (bicyclic) bond motifs is 1. The minimum Gasteiger partial charge on any atom is -0.458 e. The zero-order valence-corrected chi connectivity index (χ0v) is 13.3. The summed E-state index contributed by atoms with van der Waals surface area (Å²) in [6, 6.07) is 0. The molecule has 1 fully saturated rings. The molecule has 0 bridgehead atoms. The molecule has 0 aromatic carbocycles. The molecule has 5 nitrogen and oxygen atoms in total. The van der Waals surface area contributed by atoms with Gasteiger partial charge in [-0.1, -0.05) is 19.1 Å². The minimum atomic E-state index is -0.693. The van der Waals surface area contributed by atoms with Crippen LogP contribution in [0, 0.1) is 11.8 Å². The van der Waals surface area contributed by atoms with Crippen molar-refractivity contribution in [1.82, 2.24) is 0 Å². The van der Waals surface area contributed by atoms with E-state index in [4.69, 9.17) is 9.47 Å². The molecule has 2 aliphatic rings. The summed E-state index contributed by atoms with van der Waals surface area (Å²) in [6.45, 7) is 8.85. The molecule has 22 heavy (non-hydrogen) atoms. The van der Waals surface area contributed by atoms with Crippen molar-refractivity contribution in [3.05, 3.63) is 23.8 Å². The summed E-state index contributed by atoms with van der Waals surface area (Å²) in [4.78, 5) is 35.4. The van der Waals surface area contributed by atoms with Crippen LogP contribution in [0.2, 0.25) is 0 Å². The van der Waals surface area contributed by atoms with Crippen LogP contribution in [-0.2, 0) is 23.9 Å². The highest BCUT2D eigenvalue weighted by Gasteiger charge is 2.43. The average Bonchev–Trinajstić information content (AvgIpc) is 2.69. The van der Waals surface area contributed by atoms with Crippen LogP contribution in [0.5, 0.6) is 0 Å². The number of allylic oxidation sites excluding steroid dienone is 1. The lowest BCUT2D eigenvalue weighted by molar-refractivity contribution is -0.146. The molecule has 5 heteroatoms. The lowest BCUT2D eigenvalue weighted by Crippen LogP contribution is -2.31. The van der Waals surface area contributed by atoms with Crippen molar-refractivity contribution in [3.8, 4) is 0 Å². The van der Waals surface area contributed by atoms with Gasteiger partial charge in [-0.2, -0.15) is 0 Å². The van der Waals surface area contributed by atoms with Crippen LogP contribution in [0.4, 0.5) is 0 Å². The second-order valence-electron chi connectivity index (χ2n) is 6.15. The number of Topliss-reactive ketones (excluding diaryl/α,β-unsaturated/α-hetero) is 1. The molecule has 120 valence electrons. The fourth-order valence-corrected chi connectivity index (χ4v) is 3.01. The van der Waals surface area contributed by atoms with E-state index in [1.54, 1.807) is 6.92 Å².